The molecule has 3 N–H and O–H groups in total. The van der Waals surface area contributed by atoms with E-state index >= 15 is 0 Å². The van der Waals surface area contributed by atoms with E-state index in [4.69, 9.17) is 5.11 Å². The molecular weight excluding hydrogens is 192 g/mol. The first-order valence-electron chi connectivity index (χ1n) is 4.98. The van der Waals surface area contributed by atoms with Gasteiger partial charge >= 0.3 is 0 Å². The minimum absolute atomic E-state index is 0. The molecule has 0 radical (unpaired) electrons. The lowest BCUT2D eigenvalue weighted by Crippen LogP contribution is -1.77. The van der Waals surface area contributed by atoms with Crippen LogP contribution in [-0.2, 0) is 11.3 Å². The van der Waals surface area contributed by atoms with Crippen LogP contribution in [0.4, 0.5) is 0 Å². The van der Waals surface area contributed by atoms with Gasteiger partial charge in [-0.25, -0.2) is 0 Å². The molecular formula is C12H24O3. The third-order valence-electron chi connectivity index (χ3n) is 1.31. The molecule has 1 aromatic rings. The fourth-order valence-electron chi connectivity index (χ4n) is 0.583. The molecule has 0 saturated heterocycles. The number of aliphatic hydroxyl groups is 1. The van der Waals surface area contributed by atoms with Crippen molar-refractivity contribution in [1.82, 2.24) is 0 Å². The number of aliphatic hydroxyl groups excluding tert-OH is 1. The Bertz CT molecular complexity index is 173. The lowest BCUT2D eigenvalue weighted by atomic mass is 10.2. The quantitative estimate of drug-likeness (QED) is 0.822. The summed E-state index contributed by atoms with van der Waals surface area (Å²) in [5.74, 6) is 0. The summed E-state index contributed by atoms with van der Waals surface area (Å²) in [6.07, 6.45) is 0. The topological polar surface area (TPSA) is 61.0 Å². The summed E-state index contributed by atoms with van der Waals surface area (Å²) >= 11 is 0. The molecule has 15 heavy (non-hydrogen) atoms. The molecule has 3 heteroatoms. The van der Waals surface area contributed by atoms with E-state index in [-0.39, 0.29) is 12.1 Å². The summed E-state index contributed by atoms with van der Waals surface area (Å²) < 4.78 is 4.54. The summed E-state index contributed by atoms with van der Waals surface area (Å²) in [7, 11) is 1.68. The van der Waals surface area contributed by atoms with Gasteiger partial charge in [-0.3, -0.25) is 0 Å². The molecule has 0 spiro atoms. The van der Waals surface area contributed by atoms with Crippen LogP contribution in [0.25, 0.3) is 0 Å². The van der Waals surface area contributed by atoms with Gasteiger partial charge in [-0.05, 0) is 12.5 Å². The molecule has 3 nitrogen and oxygen atoms in total. The van der Waals surface area contributed by atoms with E-state index in [1.165, 1.54) is 0 Å². The van der Waals surface area contributed by atoms with Crippen LogP contribution in [0.2, 0.25) is 0 Å². The number of ether oxygens (including phenoxy) is 1. The molecule has 0 aliphatic heterocycles. The van der Waals surface area contributed by atoms with Gasteiger partial charge in [0, 0.05) is 13.7 Å². The van der Waals surface area contributed by atoms with Gasteiger partial charge in [0.15, 0.2) is 0 Å². The first-order valence-corrected chi connectivity index (χ1v) is 4.98. The van der Waals surface area contributed by atoms with Gasteiger partial charge in [-0.2, -0.15) is 0 Å². The van der Waals surface area contributed by atoms with E-state index in [0.717, 1.165) is 12.2 Å². The summed E-state index contributed by atoms with van der Waals surface area (Å²) in [6.45, 7) is 6.92. The Morgan fingerprint density at radius 3 is 1.73 bits per heavy atom. The monoisotopic (exact) mass is 216 g/mol. The fourth-order valence-corrected chi connectivity index (χ4v) is 0.583. The first-order chi connectivity index (χ1) is 6.85. The van der Waals surface area contributed by atoms with E-state index < -0.39 is 0 Å². The summed E-state index contributed by atoms with van der Waals surface area (Å²) in [4.78, 5) is 0. The van der Waals surface area contributed by atoms with Gasteiger partial charge in [-0.1, -0.05) is 44.2 Å². The van der Waals surface area contributed by atoms with Crippen LogP contribution in [0, 0.1) is 0 Å². The van der Waals surface area contributed by atoms with Gasteiger partial charge in [0.2, 0.25) is 0 Å². The standard InChI is InChI=1S/C7H8O.C3H8O.C2H6.H2O/c8-6-7-4-2-1-3-5-7;1-3-4-2;1-2;/h1-5,8H,6H2;3H2,1-2H3;1-2H3;1H2. The first kappa shape index (κ1) is 19.6. The second kappa shape index (κ2) is 18.8. The summed E-state index contributed by atoms with van der Waals surface area (Å²) in [6, 6.07) is 9.52. The van der Waals surface area contributed by atoms with Gasteiger partial charge in [-0.15, -0.1) is 0 Å². The van der Waals surface area contributed by atoms with Crippen LogP contribution in [0.1, 0.15) is 26.3 Å². The van der Waals surface area contributed by atoms with Gasteiger partial charge < -0.3 is 15.3 Å². The van der Waals surface area contributed by atoms with Crippen molar-refractivity contribution in [3.63, 3.8) is 0 Å². The highest BCUT2D eigenvalue weighted by Gasteiger charge is 1.81. The van der Waals surface area contributed by atoms with Crippen molar-refractivity contribution in [1.29, 1.82) is 0 Å². The van der Waals surface area contributed by atoms with E-state index in [0.29, 0.717) is 0 Å². The van der Waals surface area contributed by atoms with E-state index in [1.807, 2.05) is 51.1 Å². The number of rotatable bonds is 2. The van der Waals surface area contributed by atoms with Gasteiger partial charge in [0.1, 0.15) is 0 Å². The van der Waals surface area contributed by atoms with Crippen LogP contribution in [-0.4, -0.2) is 24.3 Å². The zero-order valence-electron chi connectivity index (χ0n) is 10.2. The normalized spacial score (nSPS) is 7.27. The molecule has 0 atom stereocenters. The maximum Gasteiger partial charge on any atom is 0.0681 e. The molecule has 0 aliphatic carbocycles. The number of benzene rings is 1. The van der Waals surface area contributed by atoms with E-state index in [9.17, 15) is 0 Å². The van der Waals surface area contributed by atoms with Crippen LogP contribution >= 0.6 is 0 Å². The molecule has 1 aromatic carbocycles. The predicted molar refractivity (Wildman–Crippen MR) is 64.9 cm³/mol. The Morgan fingerprint density at radius 1 is 1.13 bits per heavy atom. The molecule has 0 fully saturated rings. The number of hydrogen-bond acceptors (Lipinski definition) is 2. The van der Waals surface area contributed by atoms with E-state index in [2.05, 4.69) is 4.74 Å². The average Bonchev–Trinajstić information content (AvgIpc) is 2.33. The maximum absolute atomic E-state index is 8.54. The molecule has 0 aromatic heterocycles. The van der Waals surface area contributed by atoms with Crippen molar-refractivity contribution in [3.05, 3.63) is 35.9 Å². The molecule has 0 saturated carbocycles. The lowest BCUT2D eigenvalue weighted by molar-refractivity contribution is 0.215. The second-order valence-electron chi connectivity index (χ2n) is 2.22. The van der Waals surface area contributed by atoms with E-state index in [1.54, 1.807) is 7.11 Å². The average molecular weight is 216 g/mol. The Morgan fingerprint density at radius 2 is 1.53 bits per heavy atom. The molecule has 90 valence electrons. The Hall–Kier alpha value is -0.900. The van der Waals surface area contributed by atoms with Crippen molar-refractivity contribution in [2.45, 2.75) is 27.4 Å². The molecule has 1 rings (SSSR count). The second-order valence-corrected chi connectivity index (χ2v) is 2.22. The minimum Gasteiger partial charge on any atom is -0.412 e. The highest BCUT2D eigenvalue weighted by Crippen LogP contribution is 1.95. The van der Waals surface area contributed by atoms with Crippen molar-refractivity contribution < 1.29 is 15.3 Å². The highest BCUT2D eigenvalue weighted by molar-refractivity contribution is 5.12. The van der Waals surface area contributed by atoms with Gasteiger partial charge in [0.25, 0.3) is 0 Å². The number of hydrogen-bond donors (Lipinski definition) is 1. The molecule has 0 aliphatic rings. The third kappa shape index (κ3) is 15.8. The Labute approximate surface area is 93.0 Å². The minimum atomic E-state index is 0. The van der Waals surface area contributed by atoms with Crippen molar-refractivity contribution in [3.8, 4) is 0 Å². The van der Waals surface area contributed by atoms with Crippen LogP contribution < -0.4 is 0 Å². The van der Waals surface area contributed by atoms with Crippen molar-refractivity contribution in [2.24, 2.45) is 0 Å². The zero-order valence-corrected chi connectivity index (χ0v) is 10.2. The molecule has 0 amide bonds. The molecule has 0 unspecified atom stereocenters. The van der Waals surface area contributed by atoms with Crippen molar-refractivity contribution in [2.75, 3.05) is 13.7 Å². The van der Waals surface area contributed by atoms with Crippen LogP contribution in [0.3, 0.4) is 0 Å². The fraction of sp³-hybridized carbons (Fsp3) is 0.500. The Balaban J connectivity index is -0.000000179. The Kier molecular flexibility index (Phi) is 24.6. The third-order valence-corrected chi connectivity index (χ3v) is 1.31. The molecule has 0 heterocycles. The molecule has 0 bridgehead atoms. The van der Waals surface area contributed by atoms with Crippen LogP contribution in [0.5, 0.6) is 0 Å². The summed E-state index contributed by atoms with van der Waals surface area (Å²) in [5, 5.41) is 8.54. The predicted octanol–water partition coefficient (Wildman–Crippen LogP) is 2.03. The van der Waals surface area contributed by atoms with Crippen molar-refractivity contribution >= 4 is 0 Å². The number of methoxy groups -OCH3 is 1. The largest absolute Gasteiger partial charge is 0.412 e. The van der Waals surface area contributed by atoms with Crippen LogP contribution in [0.15, 0.2) is 30.3 Å². The maximum atomic E-state index is 8.54. The zero-order chi connectivity index (χ0) is 11.2. The van der Waals surface area contributed by atoms with Gasteiger partial charge in [0.05, 0.1) is 6.61 Å². The summed E-state index contributed by atoms with van der Waals surface area (Å²) in [5.41, 5.74) is 0.965. The SMILES string of the molecule is CC.CCOC.O.OCc1ccccc1. The highest BCUT2D eigenvalue weighted by atomic mass is 16.5. The smallest absolute Gasteiger partial charge is 0.0681 e. The lowest BCUT2D eigenvalue weighted by Gasteiger charge is -1.89.